The summed E-state index contributed by atoms with van der Waals surface area (Å²) in [5.41, 5.74) is 1.12. The molecular formula is C18H22N2O3. The number of rotatable bonds is 2. The number of carbonyl (C=O) groups is 3. The summed E-state index contributed by atoms with van der Waals surface area (Å²) in [6.07, 6.45) is 3.32. The third-order valence-electron chi connectivity index (χ3n) is 5.38. The van der Waals surface area contributed by atoms with E-state index in [1.165, 1.54) is 19.5 Å². The predicted molar refractivity (Wildman–Crippen MR) is 86.3 cm³/mol. The largest absolute Gasteiger partial charge is 0.349 e. The van der Waals surface area contributed by atoms with Crippen LogP contribution in [0.2, 0.25) is 0 Å². The number of benzene rings is 1. The average Bonchev–Trinajstić information content (AvgIpc) is 2.76. The van der Waals surface area contributed by atoms with Crippen molar-refractivity contribution in [3.05, 3.63) is 34.9 Å². The average molecular weight is 314 g/mol. The summed E-state index contributed by atoms with van der Waals surface area (Å²) in [4.78, 5) is 37.5. The molecule has 0 spiro atoms. The van der Waals surface area contributed by atoms with Crippen LogP contribution in [0.15, 0.2) is 18.2 Å². The van der Waals surface area contributed by atoms with E-state index in [0.29, 0.717) is 28.5 Å². The quantitative estimate of drug-likeness (QED) is 0.853. The zero-order chi connectivity index (χ0) is 16.7. The van der Waals surface area contributed by atoms with Crippen molar-refractivity contribution in [2.75, 3.05) is 7.05 Å². The van der Waals surface area contributed by atoms with Gasteiger partial charge in [-0.15, -0.1) is 0 Å². The highest BCUT2D eigenvalue weighted by molar-refractivity contribution is 6.21. The maximum Gasteiger partial charge on any atom is 0.261 e. The molecule has 5 nitrogen and oxygen atoms in total. The zero-order valence-electron chi connectivity index (χ0n) is 13.8. The maximum absolute atomic E-state index is 12.5. The van der Waals surface area contributed by atoms with E-state index in [0.717, 1.165) is 17.7 Å². The van der Waals surface area contributed by atoms with Crippen molar-refractivity contribution in [2.24, 2.45) is 11.8 Å². The van der Waals surface area contributed by atoms with Crippen LogP contribution in [0.5, 0.6) is 0 Å². The highest BCUT2D eigenvalue weighted by atomic mass is 16.2. The predicted octanol–water partition coefficient (Wildman–Crippen LogP) is 2.47. The van der Waals surface area contributed by atoms with Gasteiger partial charge in [-0.1, -0.05) is 26.7 Å². The van der Waals surface area contributed by atoms with E-state index in [-0.39, 0.29) is 23.8 Å². The SMILES string of the molecule is CC1CCCC(NC(=O)c2ccc3c(c2)C(=O)N(C)C3=O)C1C. The first-order chi connectivity index (χ1) is 10.9. The second-order valence-electron chi connectivity index (χ2n) is 6.78. The molecular weight excluding hydrogens is 292 g/mol. The van der Waals surface area contributed by atoms with Gasteiger partial charge in [0.15, 0.2) is 0 Å². The summed E-state index contributed by atoms with van der Waals surface area (Å²) in [5.74, 6) is 0.206. The number of nitrogens with zero attached hydrogens (tertiary/aromatic N) is 1. The monoisotopic (exact) mass is 314 g/mol. The van der Waals surface area contributed by atoms with E-state index in [4.69, 9.17) is 0 Å². The normalized spacial score (nSPS) is 27.1. The Bertz CT molecular complexity index is 683. The Kier molecular flexibility index (Phi) is 3.96. The van der Waals surface area contributed by atoms with Crippen molar-refractivity contribution in [1.29, 1.82) is 0 Å². The topological polar surface area (TPSA) is 66.5 Å². The smallest absolute Gasteiger partial charge is 0.261 e. The zero-order valence-corrected chi connectivity index (χ0v) is 13.8. The van der Waals surface area contributed by atoms with Gasteiger partial charge < -0.3 is 5.32 Å². The van der Waals surface area contributed by atoms with E-state index in [9.17, 15) is 14.4 Å². The molecule has 1 saturated carbocycles. The number of fused-ring (bicyclic) bond motifs is 1. The van der Waals surface area contributed by atoms with Crippen molar-refractivity contribution < 1.29 is 14.4 Å². The number of hydrogen-bond acceptors (Lipinski definition) is 3. The van der Waals surface area contributed by atoms with E-state index in [2.05, 4.69) is 19.2 Å². The van der Waals surface area contributed by atoms with Crippen molar-refractivity contribution in [2.45, 2.75) is 39.2 Å². The lowest BCUT2D eigenvalue weighted by Gasteiger charge is -2.34. The summed E-state index contributed by atoms with van der Waals surface area (Å²) in [6, 6.07) is 4.89. The van der Waals surface area contributed by atoms with Crippen molar-refractivity contribution in [3.8, 4) is 0 Å². The Morgan fingerprint density at radius 2 is 1.83 bits per heavy atom. The minimum Gasteiger partial charge on any atom is -0.349 e. The van der Waals surface area contributed by atoms with Gasteiger partial charge in [0.05, 0.1) is 11.1 Å². The molecule has 0 aromatic heterocycles. The van der Waals surface area contributed by atoms with Crippen LogP contribution in [0.25, 0.3) is 0 Å². The first-order valence-corrected chi connectivity index (χ1v) is 8.17. The van der Waals surface area contributed by atoms with Crippen LogP contribution < -0.4 is 5.32 Å². The van der Waals surface area contributed by atoms with Crippen LogP contribution in [0.1, 0.15) is 64.2 Å². The number of hydrogen-bond donors (Lipinski definition) is 1. The molecule has 0 saturated heterocycles. The van der Waals surface area contributed by atoms with Crippen LogP contribution in [-0.2, 0) is 0 Å². The molecule has 1 aliphatic heterocycles. The summed E-state index contributed by atoms with van der Waals surface area (Å²) >= 11 is 0. The molecule has 2 aliphatic rings. The molecule has 3 amide bonds. The molecule has 0 radical (unpaired) electrons. The molecule has 1 aromatic rings. The summed E-state index contributed by atoms with van der Waals surface area (Å²) in [7, 11) is 1.45. The van der Waals surface area contributed by atoms with E-state index in [1.807, 2.05) is 0 Å². The highest BCUT2D eigenvalue weighted by Crippen LogP contribution is 2.30. The van der Waals surface area contributed by atoms with Gasteiger partial charge in [-0.25, -0.2) is 0 Å². The summed E-state index contributed by atoms with van der Waals surface area (Å²) < 4.78 is 0. The van der Waals surface area contributed by atoms with Crippen LogP contribution in [0, 0.1) is 11.8 Å². The van der Waals surface area contributed by atoms with Gasteiger partial charge in [-0.05, 0) is 36.5 Å². The van der Waals surface area contributed by atoms with Crippen molar-refractivity contribution in [1.82, 2.24) is 10.2 Å². The molecule has 23 heavy (non-hydrogen) atoms. The van der Waals surface area contributed by atoms with Crippen LogP contribution >= 0.6 is 0 Å². The lowest BCUT2D eigenvalue weighted by atomic mass is 9.78. The molecule has 1 N–H and O–H groups in total. The Morgan fingerprint density at radius 3 is 2.57 bits per heavy atom. The molecule has 0 bridgehead atoms. The van der Waals surface area contributed by atoms with Crippen LogP contribution in [-0.4, -0.2) is 35.7 Å². The van der Waals surface area contributed by atoms with Gasteiger partial charge >= 0.3 is 0 Å². The molecule has 3 atom stereocenters. The minimum atomic E-state index is -0.348. The Balaban J connectivity index is 1.79. The summed E-state index contributed by atoms with van der Waals surface area (Å²) in [6.45, 7) is 4.40. The molecule has 1 aliphatic carbocycles. The van der Waals surface area contributed by atoms with Gasteiger partial charge in [0.1, 0.15) is 0 Å². The van der Waals surface area contributed by atoms with Gasteiger partial charge in [-0.2, -0.15) is 0 Å². The number of nitrogens with one attached hydrogen (secondary N) is 1. The minimum absolute atomic E-state index is 0.166. The van der Waals surface area contributed by atoms with Crippen LogP contribution in [0.3, 0.4) is 0 Å². The Hall–Kier alpha value is -2.17. The highest BCUT2D eigenvalue weighted by Gasteiger charge is 2.34. The summed E-state index contributed by atoms with van der Waals surface area (Å²) in [5, 5.41) is 3.10. The fourth-order valence-electron chi connectivity index (χ4n) is 3.54. The second kappa shape index (κ2) is 5.80. The Morgan fingerprint density at radius 1 is 1.13 bits per heavy atom. The molecule has 5 heteroatoms. The standard InChI is InChI=1S/C18H22N2O3/c1-10-5-4-6-15(11(10)2)19-16(21)12-7-8-13-14(9-12)18(23)20(3)17(13)22/h7-11,15H,4-6H2,1-3H3,(H,19,21). The van der Waals surface area contributed by atoms with E-state index >= 15 is 0 Å². The van der Waals surface area contributed by atoms with Crippen molar-refractivity contribution >= 4 is 17.7 Å². The fraction of sp³-hybridized carbons (Fsp3) is 0.500. The molecule has 3 rings (SSSR count). The molecule has 1 fully saturated rings. The number of carbonyl (C=O) groups excluding carboxylic acids is 3. The van der Waals surface area contributed by atoms with Gasteiger partial charge in [-0.3, -0.25) is 19.3 Å². The van der Waals surface area contributed by atoms with E-state index < -0.39 is 0 Å². The second-order valence-corrected chi connectivity index (χ2v) is 6.78. The lowest BCUT2D eigenvalue weighted by molar-refractivity contribution is 0.0693. The van der Waals surface area contributed by atoms with E-state index in [1.54, 1.807) is 12.1 Å². The van der Waals surface area contributed by atoms with Gasteiger partial charge in [0, 0.05) is 18.7 Å². The van der Waals surface area contributed by atoms with Crippen molar-refractivity contribution in [3.63, 3.8) is 0 Å². The van der Waals surface area contributed by atoms with Gasteiger partial charge in [0.25, 0.3) is 17.7 Å². The lowest BCUT2D eigenvalue weighted by Crippen LogP contribution is -2.43. The van der Waals surface area contributed by atoms with Gasteiger partial charge in [0.2, 0.25) is 0 Å². The third kappa shape index (κ3) is 2.64. The molecule has 1 aromatic carbocycles. The first-order valence-electron chi connectivity index (χ1n) is 8.17. The van der Waals surface area contributed by atoms with Crippen LogP contribution in [0.4, 0.5) is 0 Å². The maximum atomic E-state index is 12.5. The molecule has 3 unspecified atom stereocenters. The molecule has 122 valence electrons. The fourth-order valence-corrected chi connectivity index (χ4v) is 3.54. The molecule has 1 heterocycles. The number of imide groups is 1. The number of amides is 3. The third-order valence-corrected chi connectivity index (χ3v) is 5.38. The Labute approximate surface area is 136 Å². The first kappa shape index (κ1) is 15.7.